The molecular formula is C28H37N5O2Si. The molecule has 0 saturated carbocycles. The van der Waals surface area contributed by atoms with Crippen LogP contribution in [0.4, 0.5) is 0 Å². The third-order valence-electron chi connectivity index (χ3n) is 6.75. The molecule has 2 aromatic heterocycles. The molecular weight excluding hydrogens is 466 g/mol. The molecule has 7 nitrogen and oxygen atoms in total. The lowest BCUT2D eigenvalue weighted by atomic mass is 10.1. The van der Waals surface area contributed by atoms with Gasteiger partial charge < -0.3 is 14.4 Å². The van der Waals surface area contributed by atoms with Crippen molar-refractivity contribution in [3.05, 3.63) is 60.9 Å². The third-order valence-corrected chi connectivity index (χ3v) is 8.46. The van der Waals surface area contributed by atoms with Gasteiger partial charge in [-0.15, -0.1) is 0 Å². The van der Waals surface area contributed by atoms with Crippen LogP contribution >= 0.6 is 0 Å². The minimum absolute atomic E-state index is 0.469. The molecule has 2 aromatic carbocycles. The molecule has 0 atom stereocenters. The SMILES string of the molecule is C[Si](C)(C)CCOCn1nccc1-c1ccc(Oc2ccc3c(cnn3CCN3CCCC3)c2)cc1. The molecule has 1 fully saturated rings. The topological polar surface area (TPSA) is 57.3 Å². The number of aromatic nitrogens is 4. The fourth-order valence-electron chi connectivity index (χ4n) is 4.59. The Morgan fingerprint density at radius 3 is 2.42 bits per heavy atom. The number of fused-ring (bicyclic) bond motifs is 1. The van der Waals surface area contributed by atoms with Crippen LogP contribution in [-0.4, -0.2) is 58.8 Å². The first kappa shape index (κ1) is 24.7. The van der Waals surface area contributed by atoms with Crippen molar-refractivity contribution in [2.75, 3.05) is 26.2 Å². The summed E-state index contributed by atoms with van der Waals surface area (Å²) in [6.45, 7) is 12.7. The minimum atomic E-state index is -1.09. The maximum Gasteiger partial charge on any atom is 0.139 e. The van der Waals surface area contributed by atoms with Gasteiger partial charge in [0, 0.05) is 38.4 Å². The summed E-state index contributed by atoms with van der Waals surface area (Å²) in [7, 11) is -1.09. The first-order valence-corrected chi connectivity index (χ1v) is 16.7. The molecule has 0 amide bonds. The van der Waals surface area contributed by atoms with Crippen LogP contribution in [0.15, 0.2) is 60.9 Å². The number of likely N-dealkylation sites (tertiary alicyclic amines) is 1. The van der Waals surface area contributed by atoms with Crippen molar-refractivity contribution >= 4 is 19.0 Å². The summed E-state index contributed by atoms with van der Waals surface area (Å²) in [5.41, 5.74) is 3.28. The van der Waals surface area contributed by atoms with Crippen LogP contribution < -0.4 is 4.74 Å². The largest absolute Gasteiger partial charge is 0.457 e. The van der Waals surface area contributed by atoms with Gasteiger partial charge in [-0.2, -0.15) is 10.2 Å². The van der Waals surface area contributed by atoms with Crippen molar-refractivity contribution in [1.29, 1.82) is 0 Å². The highest BCUT2D eigenvalue weighted by molar-refractivity contribution is 6.76. The summed E-state index contributed by atoms with van der Waals surface area (Å²) >= 11 is 0. The van der Waals surface area contributed by atoms with Crippen LogP contribution in [0, 0.1) is 0 Å². The van der Waals surface area contributed by atoms with Gasteiger partial charge in [0.25, 0.3) is 0 Å². The van der Waals surface area contributed by atoms with Crippen molar-refractivity contribution in [2.45, 2.75) is 51.8 Å². The zero-order valence-corrected chi connectivity index (χ0v) is 22.7. The summed E-state index contributed by atoms with van der Waals surface area (Å²) in [5, 5.41) is 10.2. The van der Waals surface area contributed by atoms with Crippen LogP contribution in [-0.2, 0) is 18.0 Å². The average Bonchev–Trinajstić information content (AvgIpc) is 3.61. The number of hydrogen-bond acceptors (Lipinski definition) is 5. The van der Waals surface area contributed by atoms with Gasteiger partial charge in [-0.25, -0.2) is 4.68 Å². The van der Waals surface area contributed by atoms with Crippen molar-refractivity contribution in [3.8, 4) is 22.8 Å². The van der Waals surface area contributed by atoms with Crippen LogP contribution in [0.2, 0.25) is 25.7 Å². The van der Waals surface area contributed by atoms with Gasteiger partial charge in [0.1, 0.15) is 18.2 Å². The maximum absolute atomic E-state index is 6.16. The summed E-state index contributed by atoms with van der Waals surface area (Å²) in [6, 6.07) is 17.5. The highest BCUT2D eigenvalue weighted by Crippen LogP contribution is 2.28. The predicted octanol–water partition coefficient (Wildman–Crippen LogP) is 6.10. The molecule has 4 aromatic rings. The van der Waals surface area contributed by atoms with E-state index in [1.807, 2.05) is 41.3 Å². The van der Waals surface area contributed by atoms with Gasteiger partial charge in [-0.3, -0.25) is 4.68 Å². The molecule has 3 heterocycles. The van der Waals surface area contributed by atoms with Gasteiger partial charge in [0.15, 0.2) is 0 Å². The molecule has 0 bridgehead atoms. The van der Waals surface area contributed by atoms with Crippen molar-refractivity contribution in [1.82, 2.24) is 24.5 Å². The number of benzene rings is 2. The van der Waals surface area contributed by atoms with Crippen LogP contribution in [0.1, 0.15) is 12.8 Å². The second-order valence-corrected chi connectivity index (χ2v) is 16.4. The Morgan fingerprint density at radius 1 is 0.861 bits per heavy atom. The molecule has 0 radical (unpaired) electrons. The van der Waals surface area contributed by atoms with Crippen LogP contribution in [0.25, 0.3) is 22.2 Å². The van der Waals surface area contributed by atoms with E-state index in [9.17, 15) is 0 Å². The minimum Gasteiger partial charge on any atom is -0.457 e. The second kappa shape index (κ2) is 11.0. The molecule has 1 aliphatic heterocycles. The maximum atomic E-state index is 6.16. The van der Waals surface area contributed by atoms with E-state index in [0.29, 0.717) is 6.73 Å². The van der Waals surface area contributed by atoms with E-state index >= 15 is 0 Å². The normalized spacial score (nSPS) is 14.6. The summed E-state index contributed by atoms with van der Waals surface area (Å²) < 4.78 is 16.1. The van der Waals surface area contributed by atoms with Crippen LogP contribution in [0.3, 0.4) is 0 Å². The van der Waals surface area contributed by atoms with Gasteiger partial charge >= 0.3 is 0 Å². The Morgan fingerprint density at radius 2 is 1.64 bits per heavy atom. The van der Waals surface area contributed by atoms with E-state index < -0.39 is 8.07 Å². The van der Waals surface area contributed by atoms with E-state index in [0.717, 1.165) is 59.4 Å². The molecule has 0 aliphatic carbocycles. The first-order chi connectivity index (χ1) is 17.4. The zero-order valence-electron chi connectivity index (χ0n) is 21.7. The van der Waals surface area contributed by atoms with E-state index in [4.69, 9.17) is 9.47 Å². The third kappa shape index (κ3) is 6.24. The summed E-state index contributed by atoms with van der Waals surface area (Å²) in [4.78, 5) is 2.52. The molecule has 0 unspecified atom stereocenters. The Kier molecular flexibility index (Phi) is 7.55. The lowest BCUT2D eigenvalue weighted by Gasteiger charge is -2.16. The highest BCUT2D eigenvalue weighted by atomic mass is 28.3. The average molecular weight is 504 g/mol. The number of nitrogens with zero attached hydrogens (tertiary/aromatic N) is 5. The van der Waals surface area contributed by atoms with Gasteiger partial charge in [-0.1, -0.05) is 19.6 Å². The zero-order chi connectivity index (χ0) is 25.0. The number of ether oxygens (including phenoxy) is 2. The first-order valence-electron chi connectivity index (χ1n) is 13.0. The summed E-state index contributed by atoms with van der Waals surface area (Å²) in [6.07, 6.45) is 6.39. The molecule has 1 aliphatic rings. The van der Waals surface area contributed by atoms with Gasteiger partial charge in [0.2, 0.25) is 0 Å². The van der Waals surface area contributed by atoms with Crippen LogP contribution in [0.5, 0.6) is 11.5 Å². The van der Waals surface area contributed by atoms with Crippen molar-refractivity contribution < 1.29 is 9.47 Å². The van der Waals surface area contributed by atoms with E-state index in [1.54, 1.807) is 0 Å². The fraction of sp³-hybridized carbons (Fsp3) is 0.429. The van der Waals surface area contributed by atoms with E-state index in [1.165, 1.54) is 25.9 Å². The second-order valence-electron chi connectivity index (χ2n) is 10.8. The van der Waals surface area contributed by atoms with Gasteiger partial charge in [-0.05, 0) is 80.5 Å². The standard InChI is InChI=1S/C28H37N5O2Si/c1-36(2,3)19-18-34-22-33-28(12-13-29-33)23-6-8-25(9-7-23)35-26-10-11-27-24(20-26)21-30-32(27)17-16-31-14-4-5-15-31/h6-13,20-21H,4-5,14-19,22H2,1-3H3. The molecule has 5 rings (SSSR count). The predicted molar refractivity (Wildman–Crippen MR) is 147 cm³/mol. The molecule has 190 valence electrons. The molecule has 1 saturated heterocycles. The Hall–Kier alpha value is -2.94. The molecule has 8 heteroatoms. The molecule has 0 N–H and O–H groups in total. The van der Waals surface area contributed by atoms with E-state index in [2.05, 4.69) is 63.7 Å². The highest BCUT2D eigenvalue weighted by Gasteiger charge is 2.14. The lowest BCUT2D eigenvalue weighted by Crippen LogP contribution is -2.24. The van der Waals surface area contributed by atoms with Crippen molar-refractivity contribution in [2.24, 2.45) is 0 Å². The quantitative estimate of drug-likeness (QED) is 0.183. The molecule has 36 heavy (non-hydrogen) atoms. The van der Waals surface area contributed by atoms with E-state index in [-0.39, 0.29) is 0 Å². The summed E-state index contributed by atoms with van der Waals surface area (Å²) in [5.74, 6) is 1.62. The number of hydrogen-bond donors (Lipinski definition) is 0. The number of rotatable bonds is 11. The monoisotopic (exact) mass is 503 g/mol. The van der Waals surface area contributed by atoms with Gasteiger partial charge in [0.05, 0.1) is 24.0 Å². The Balaban J connectivity index is 1.19. The fourth-order valence-corrected chi connectivity index (χ4v) is 5.35. The Labute approximate surface area is 214 Å². The lowest BCUT2D eigenvalue weighted by molar-refractivity contribution is 0.0798. The smallest absolute Gasteiger partial charge is 0.139 e. The molecule has 0 spiro atoms. The van der Waals surface area contributed by atoms with Crippen molar-refractivity contribution in [3.63, 3.8) is 0 Å². The Bertz CT molecular complexity index is 1270.